The largest absolute Gasteiger partial charge is 0.465 e. The molecule has 0 fully saturated rings. The quantitative estimate of drug-likeness (QED) is 0.408. The molecular formula is C27H43NO5. The van der Waals surface area contributed by atoms with Crippen molar-refractivity contribution in [3.8, 4) is 0 Å². The molecule has 6 nitrogen and oxygen atoms in total. The number of aliphatic hydroxyl groups is 1. The second kappa shape index (κ2) is 14.1. The van der Waals surface area contributed by atoms with E-state index in [0.717, 1.165) is 43.0 Å². The highest BCUT2D eigenvalue weighted by Crippen LogP contribution is 2.31. The predicted octanol–water partition coefficient (Wildman–Crippen LogP) is 5.99. The van der Waals surface area contributed by atoms with Crippen LogP contribution in [0.15, 0.2) is 22.6 Å². The van der Waals surface area contributed by atoms with Crippen molar-refractivity contribution in [1.29, 1.82) is 0 Å². The Morgan fingerprint density at radius 3 is 2.42 bits per heavy atom. The fraction of sp³-hybridized carbons (Fsp3) is 0.667. The van der Waals surface area contributed by atoms with E-state index in [-0.39, 0.29) is 18.1 Å². The van der Waals surface area contributed by atoms with Gasteiger partial charge in [-0.15, -0.1) is 0 Å². The molecule has 0 aliphatic carbocycles. The molecule has 0 bridgehead atoms. The van der Waals surface area contributed by atoms with Crippen molar-refractivity contribution in [1.82, 2.24) is 4.98 Å². The topological polar surface area (TPSA) is 89.6 Å². The van der Waals surface area contributed by atoms with Crippen molar-refractivity contribution < 1.29 is 23.8 Å². The molecule has 3 atom stereocenters. The summed E-state index contributed by atoms with van der Waals surface area (Å²) in [6, 6.07) is 0. The lowest BCUT2D eigenvalue weighted by Gasteiger charge is -2.32. The number of ketones is 1. The smallest absolute Gasteiger partial charge is 0.308 e. The van der Waals surface area contributed by atoms with Gasteiger partial charge in [0, 0.05) is 12.8 Å². The van der Waals surface area contributed by atoms with Gasteiger partial charge in [0.1, 0.15) is 17.2 Å². The number of hydrogen-bond donors (Lipinski definition) is 1. The summed E-state index contributed by atoms with van der Waals surface area (Å²) in [5, 5.41) is 10.3. The highest BCUT2D eigenvalue weighted by atomic mass is 16.5. The second-order valence-electron chi connectivity index (χ2n) is 9.63. The number of esters is 1. The van der Waals surface area contributed by atoms with Crippen LogP contribution in [0.3, 0.4) is 0 Å². The van der Waals surface area contributed by atoms with Gasteiger partial charge >= 0.3 is 5.97 Å². The van der Waals surface area contributed by atoms with Gasteiger partial charge in [-0.25, -0.2) is 4.98 Å². The van der Waals surface area contributed by atoms with Crippen LogP contribution in [0.5, 0.6) is 0 Å². The number of oxazole rings is 1. The van der Waals surface area contributed by atoms with Crippen LogP contribution in [0.4, 0.5) is 0 Å². The number of rotatable bonds is 1. The minimum absolute atomic E-state index is 0.0247. The average Bonchev–Trinajstić information content (AvgIpc) is 3.06. The Labute approximate surface area is 199 Å². The highest BCUT2D eigenvalue weighted by Gasteiger charge is 2.39. The van der Waals surface area contributed by atoms with Crippen LogP contribution in [0.25, 0.3) is 6.08 Å². The zero-order valence-electron chi connectivity index (χ0n) is 21.5. The fourth-order valence-electron chi connectivity index (χ4n) is 4.02. The molecule has 1 aromatic rings. The first-order chi connectivity index (χ1) is 15.5. The number of carbonyl (C=O) groups excluding carboxylic acids is 2. The number of aromatic nitrogens is 1. The fourth-order valence-corrected chi connectivity index (χ4v) is 4.02. The Morgan fingerprint density at radius 2 is 1.82 bits per heavy atom. The van der Waals surface area contributed by atoms with Gasteiger partial charge in [0.25, 0.3) is 0 Å². The van der Waals surface area contributed by atoms with Crippen LogP contribution in [-0.4, -0.2) is 34.6 Å². The van der Waals surface area contributed by atoms with Crippen LogP contribution in [0.2, 0.25) is 0 Å². The van der Waals surface area contributed by atoms with Crippen LogP contribution in [0.1, 0.15) is 90.5 Å². The molecule has 0 saturated heterocycles. The van der Waals surface area contributed by atoms with Crippen molar-refractivity contribution in [2.75, 3.05) is 6.61 Å². The summed E-state index contributed by atoms with van der Waals surface area (Å²) in [6.45, 7) is 13.6. The number of carbonyl (C=O) groups is 2. The third-order valence-electron chi connectivity index (χ3n) is 6.08. The molecule has 33 heavy (non-hydrogen) atoms. The first-order valence-electron chi connectivity index (χ1n) is 12.1. The minimum atomic E-state index is -1.01. The number of aryl methyl sites for hydroxylation is 2. The highest BCUT2D eigenvalue weighted by molar-refractivity contribution is 5.87. The minimum Gasteiger partial charge on any atom is -0.465 e. The first kappa shape index (κ1) is 28.8. The van der Waals surface area contributed by atoms with E-state index in [4.69, 9.17) is 9.15 Å². The molecule has 3 unspecified atom stereocenters. The van der Waals surface area contributed by atoms with Gasteiger partial charge in [-0.1, -0.05) is 52.3 Å². The van der Waals surface area contributed by atoms with Crippen molar-refractivity contribution in [3.05, 3.63) is 35.6 Å². The van der Waals surface area contributed by atoms with Gasteiger partial charge in [-0.05, 0) is 51.5 Å². The van der Waals surface area contributed by atoms with Crippen LogP contribution >= 0.6 is 0 Å². The number of aliphatic hydroxyl groups excluding tert-OH is 1. The number of Topliss-reactive ketones (excluding diaryl/α,β-unsaturated/α-hetero) is 1. The average molecular weight is 462 g/mol. The molecule has 0 saturated carbocycles. The molecule has 0 radical (unpaired) electrons. The van der Waals surface area contributed by atoms with E-state index in [9.17, 15) is 14.7 Å². The molecule has 0 amide bonds. The van der Waals surface area contributed by atoms with Gasteiger partial charge in [-0.3, -0.25) is 9.59 Å². The summed E-state index contributed by atoms with van der Waals surface area (Å²) in [5.74, 6) is 1.56. The number of hydrogen-bond acceptors (Lipinski definition) is 6. The molecule has 2 rings (SSSR count). The van der Waals surface area contributed by atoms with Crippen LogP contribution in [0, 0.1) is 31.1 Å². The maximum absolute atomic E-state index is 12.7. The summed E-state index contributed by atoms with van der Waals surface area (Å²) in [6.07, 6.45) is 11.6. The molecule has 0 aromatic carbocycles. The van der Waals surface area contributed by atoms with E-state index >= 15 is 0 Å². The van der Waals surface area contributed by atoms with Crippen LogP contribution < -0.4 is 0 Å². The monoisotopic (exact) mass is 461 g/mol. The van der Waals surface area contributed by atoms with E-state index in [1.54, 1.807) is 13.8 Å². The van der Waals surface area contributed by atoms with Gasteiger partial charge < -0.3 is 14.3 Å². The van der Waals surface area contributed by atoms with Crippen molar-refractivity contribution in [3.63, 3.8) is 0 Å². The third-order valence-corrected chi connectivity index (χ3v) is 6.08. The van der Waals surface area contributed by atoms with Crippen molar-refractivity contribution >= 4 is 17.8 Å². The van der Waals surface area contributed by atoms with E-state index in [2.05, 4.69) is 18.0 Å². The molecule has 1 aliphatic heterocycles. The summed E-state index contributed by atoms with van der Waals surface area (Å²) in [5.41, 5.74) is -0.00483. The Balaban J connectivity index is 0.000000451. The molecule has 1 aromatic heterocycles. The molecule has 1 N–H and O–H groups in total. The third kappa shape index (κ3) is 10.1. The van der Waals surface area contributed by atoms with E-state index in [1.165, 1.54) is 0 Å². The first-order valence-corrected chi connectivity index (χ1v) is 12.1. The Kier molecular flexibility index (Phi) is 12.3. The van der Waals surface area contributed by atoms with Gasteiger partial charge in [-0.2, -0.15) is 0 Å². The number of ether oxygens (including phenoxy) is 1. The van der Waals surface area contributed by atoms with Gasteiger partial charge in [0.05, 0.1) is 24.5 Å². The van der Waals surface area contributed by atoms with Crippen LogP contribution in [-0.2, 0) is 14.3 Å². The summed E-state index contributed by atoms with van der Waals surface area (Å²) in [7, 11) is 0. The van der Waals surface area contributed by atoms with Crippen molar-refractivity contribution in [2.24, 2.45) is 17.3 Å². The number of nitrogens with zero attached hydrogens (tertiary/aromatic N) is 1. The van der Waals surface area contributed by atoms with Gasteiger partial charge in [0.15, 0.2) is 5.89 Å². The normalized spacial score (nSPS) is 26.4. The summed E-state index contributed by atoms with van der Waals surface area (Å²) < 4.78 is 10.3. The standard InChI is InChI=1S/C19H32O4.C8H11NO/c1-14-10-8-6-5-7-9-11-23-17(21)13-16(20)19(3,4)18(22)15(2)12-14;1-4-5-8-6(2)10-7(3)9-8/h5,7,14-16,20H,6,8-13H2,1-4H3;4-5H,1-3H3/b7-5-;5-4-. The van der Waals surface area contributed by atoms with E-state index in [0.29, 0.717) is 18.9 Å². The lowest BCUT2D eigenvalue weighted by Crippen LogP contribution is -2.42. The molecule has 1 aliphatic rings. The molecule has 2 heterocycles. The Morgan fingerprint density at radius 1 is 1.15 bits per heavy atom. The second-order valence-corrected chi connectivity index (χ2v) is 9.63. The van der Waals surface area contributed by atoms with E-state index in [1.807, 2.05) is 45.9 Å². The maximum atomic E-state index is 12.7. The predicted molar refractivity (Wildman–Crippen MR) is 132 cm³/mol. The molecule has 0 spiro atoms. The molecule has 186 valence electrons. The maximum Gasteiger partial charge on any atom is 0.308 e. The number of cyclic esters (lactones) is 1. The SMILES string of the molecule is C/C=C\c1nc(C)oc1C.CC1CCC/C=C\CCOC(=O)CC(O)C(C)(C)C(=O)C(C)C1. The zero-order valence-corrected chi connectivity index (χ0v) is 21.5. The number of allylic oxidation sites excluding steroid dienone is 2. The molecule has 6 heteroatoms. The summed E-state index contributed by atoms with van der Waals surface area (Å²) in [4.78, 5) is 28.6. The van der Waals surface area contributed by atoms with E-state index < -0.39 is 17.5 Å². The van der Waals surface area contributed by atoms with Crippen molar-refractivity contribution in [2.45, 2.75) is 93.1 Å². The lowest BCUT2D eigenvalue weighted by molar-refractivity contribution is -0.150. The lowest BCUT2D eigenvalue weighted by atomic mass is 9.74. The summed E-state index contributed by atoms with van der Waals surface area (Å²) >= 11 is 0. The Bertz CT molecular complexity index is 805. The zero-order chi connectivity index (χ0) is 25.0. The van der Waals surface area contributed by atoms with Gasteiger partial charge in [0.2, 0.25) is 0 Å². The Hall–Kier alpha value is -2.21. The molecular weight excluding hydrogens is 418 g/mol.